The molecule has 7 nitrogen and oxygen atoms in total. The third-order valence-electron chi connectivity index (χ3n) is 5.26. The van der Waals surface area contributed by atoms with Gasteiger partial charge in [-0.3, -0.25) is 4.79 Å². The van der Waals surface area contributed by atoms with E-state index in [9.17, 15) is 9.59 Å². The first kappa shape index (κ1) is 26.3. The van der Waals surface area contributed by atoms with Crippen LogP contribution in [-0.4, -0.2) is 57.3 Å². The second-order valence-electron chi connectivity index (χ2n) is 7.97. The van der Waals surface area contributed by atoms with Gasteiger partial charge >= 0.3 is 5.97 Å². The highest BCUT2D eigenvalue weighted by molar-refractivity contribution is 5.77. The van der Waals surface area contributed by atoms with E-state index < -0.39 is 5.97 Å². The molecule has 0 aromatic heterocycles. The monoisotopic (exact) mass is 489 g/mol. The van der Waals surface area contributed by atoms with Crippen LogP contribution in [0.2, 0.25) is 0 Å². The van der Waals surface area contributed by atoms with Gasteiger partial charge in [-0.1, -0.05) is 66.7 Å². The van der Waals surface area contributed by atoms with Crippen molar-refractivity contribution in [3.05, 3.63) is 96.1 Å². The van der Waals surface area contributed by atoms with E-state index in [1.54, 1.807) is 30.1 Å². The first-order valence-electron chi connectivity index (χ1n) is 11.6. The van der Waals surface area contributed by atoms with Crippen molar-refractivity contribution in [2.24, 2.45) is 0 Å². The third kappa shape index (κ3) is 9.18. The molecular formula is C29H31NO6. The minimum Gasteiger partial charge on any atom is -0.489 e. The molecule has 1 amide bonds. The second kappa shape index (κ2) is 14.2. The van der Waals surface area contributed by atoms with Crippen molar-refractivity contribution in [2.75, 3.05) is 40.5 Å². The molecule has 0 saturated carbocycles. The van der Waals surface area contributed by atoms with Crippen LogP contribution < -0.4 is 14.2 Å². The number of nitrogens with zero attached hydrogens (tertiary/aromatic N) is 1. The molecule has 0 aliphatic carbocycles. The molecule has 0 unspecified atom stereocenters. The molecule has 3 aromatic carbocycles. The van der Waals surface area contributed by atoms with Crippen molar-refractivity contribution in [3.8, 4) is 17.2 Å². The summed E-state index contributed by atoms with van der Waals surface area (Å²) in [6.45, 7) is 0.500. The van der Waals surface area contributed by atoms with Gasteiger partial charge in [-0.2, -0.15) is 0 Å². The topological polar surface area (TPSA) is 74.3 Å². The Kier molecular flexibility index (Phi) is 10.4. The van der Waals surface area contributed by atoms with Crippen LogP contribution >= 0.6 is 0 Å². The first-order valence-corrected chi connectivity index (χ1v) is 11.6. The Morgan fingerprint density at radius 1 is 0.806 bits per heavy atom. The summed E-state index contributed by atoms with van der Waals surface area (Å²) in [5, 5.41) is 0. The lowest BCUT2D eigenvalue weighted by molar-refractivity contribution is -0.142. The molecule has 0 atom stereocenters. The molecule has 36 heavy (non-hydrogen) atoms. The summed E-state index contributed by atoms with van der Waals surface area (Å²) in [5.74, 6) is 0.578. The minimum atomic E-state index is -0.509. The zero-order chi connectivity index (χ0) is 25.6. The summed E-state index contributed by atoms with van der Waals surface area (Å²) in [6, 6.07) is 24.8. The average molecular weight is 490 g/mol. The maximum absolute atomic E-state index is 12.6. The summed E-state index contributed by atoms with van der Waals surface area (Å²) in [6.07, 6.45) is 4.61. The van der Waals surface area contributed by atoms with Crippen molar-refractivity contribution in [1.82, 2.24) is 4.90 Å². The van der Waals surface area contributed by atoms with E-state index in [1.165, 1.54) is 7.11 Å². The lowest BCUT2D eigenvalue weighted by Gasteiger charge is -2.18. The lowest BCUT2D eigenvalue weighted by Crippen LogP contribution is -2.33. The summed E-state index contributed by atoms with van der Waals surface area (Å²) in [5.41, 5.74) is 2.23. The van der Waals surface area contributed by atoms with Gasteiger partial charge in [-0.15, -0.1) is 0 Å². The molecular weight excluding hydrogens is 458 g/mol. The van der Waals surface area contributed by atoms with Crippen LogP contribution in [0.5, 0.6) is 17.2 Å². The quantitative estimate of drug-likeness (QED) is 0.331. The predicted molar refractivity (Wildman–Crippen MR) is 138 cm³/mol. The highest BCUT2D eigenvalue weighted by Gasteiger charge is 2.12. The van der Waals surface area contributed by atoms with Gasteiger partial charge in [0.05, 0.1) is 7.11 Å². The molecule has 0 fully saturated rings. The SMILES string of the molecule is COC(=O)COc1cc(OCC=Cc2ccccc2)cc(OCC(=O)N(C)CCc2ccccc2)c1. The van der Waals surface area contributed by atoms with E-state index >= 15 is 0 Å². The number of rotatable bonds is 13. The Morgan fingerprint density at radius 2 is 1.39 bits per heavy atom. The molecule has 0 heterocycles. The standard InChI is InChI=1S/C29H31NO6/c1-30(16-15-24-12-7-4-8-13-24)28(31)21-35-26-18-25(19-27(20-26)36-22-29(32)33-2)34-17-9-14-23-10-5-3-6-11-23/h3-14,18-20H,15-17,21-22H2,1-2H3. The van der Waals surface area contributed by atoms with Gasteiger partial charge in [-0.25, -0.2) is 4.79 Å². The van der Waals surface area contributed by atoms with E-state index in [4.69, 9.17) is 14.2 Å². The number of hydrogen-bond donors (Lipinski definition) is 0. The minimum absolute atomic E-state index is 0.140. The largest absolute Gasteiger partial charge is 0.489 e. The number of methoxy groups -OCH3 is 1. The van der Waals surface area contributed by atoms with Crippen LogP contribution in [0.3, 0.4) is 0 Å². The molecule has 3 rings (SSSR count). The summed E-state index contributed by atoms with van der Waals surface area (Å²) in [4.78, 5) is 25.7. The number of carbonyl (C=O) groups excluding carboxylic acids is 2. The number of carbonyl (C=O) groups is 2. The van der Waals surface area contributed by atoms with Crippen LogP contribution in [-0.2, 0) is 20.7 Å². The maximum atomic E-state index is 12.6. The van der Waals surface area contributed by atoms with E-state index in [-0.39, 0.29) is 19.1 Å². The van der Waals surface area contributed by atoms with Gasteiger partial charge in [0.2, 0.25) is 0 Å². The number of benzene rings is 3. The van der Waals surface area contributed by atoms with Crippen molar-refractivity contribution >= 4 is 18.0 Å². The molecule has 7 heteroatoms. The van der Waals surface area contributed by atoms with Crippen molar-refractivity contribution in [3.63, 3.8) is 0 Å². The number of amides is 1. The van der Waals surface area contributed by atoms with Crippen LogP contribution in [0.25, 0.3) is 6.08 Å². The number of hydrogen-bond acceptors (Lipinski definition) is 6. The van der Waals surface area contributed by atoms with Crippen molar-refractivity contribution < 1.29 is 28.5 Å². The Hall–Kier alpha value is -4.26. The Balaban J connectivity index is 1.58. The first-order chi connectivity index (χ1) is 17.5. The zero-order valence-electron chi connectivity index (χ0n) is 20.6. The smallest absolute Gasteiger partial charge is 0.343 e. The predicted octanol–water partition coefficient (Wildman–Crippen LogP) is 4.41. The normalized spacial score (nSPS) is 10.6. The average Bonchev–Trinajstić information content (AvgIpc) is 2.92. The zero-order valence-corrected chi connectivity index (χ0v) is 20.6. The van der Waals surface area contributed by atoms with Crippen molar-refractivity contribution in [1.29, 1.82) is 0 Å². The van der Waals surface area contributed by atoms with Crippen LogP contribution in [0.15, 0.2) is 84.9 Å². The van der Waals surface area contributed by atoms with Gasteiger partial charge in [0.1, 0.15) is 23.9 Å². The summed E-state index contributed by atoms with van der Waals surface area (Å²) >= 11 is 0. The van der Waals surface area contributed by atoms with Gasteiger partial charge in [0.25, 0.3) is 5.91 Å². The summed E-state index contributed by atoms with van der Waals surface area (Å²) < 4.78 is 21.7. The Morgan fingerprint density at radius 3 is 2.03 bits per heavy atom. The van der Waals surface area contributed by atoms with Crippen molar-refractivity contribution in [2.45, 2.75) is 6.42 Å². The molecule has 0 aliphatic rings. The van der Waals surface area contributed by atoms with Gasteiger partial charge in [-0.05, 0) is 23.6 Å². The number of esters is 1. The third-order valence-corrected chi connectivity index (χ3v) is 5.26. The molecule has 0 N–H and O–H groups in total. The molecule has 0 spiro atoms. The Labute approximate surface area is 211 Å². The molecule has 0 aliphatic heterocycles. The van der Waals surface area contributed by atoms with Crippen LogP contribution in [0.1, 0.15) is 11.1 Å². The van der Waals surface area contributed by atoms with E-state index in [1.807, 2.05) is 72.8 Å². The van der Waals surface area contributed by atoms with Gasteiger partial charge in [0, 0.05) is 31.8 Å². The maximum Gasteiger partial charge on any atom is 0.343 e. The highest BCUT2D eigenvalue weighted by Crippen LogP contribution is 2.28. The molecule has 0 bridgehead atoms. The highest BCUT2D eigenvalue weighted by atomic mass is 16.6. The summed E-state index contributed by atoms with van der Waals surface area (Å²) in [7, 11) is 3.04. The van der Waals surface area contributed by atoms with Crippen LogP contribution in [0, 0.1) is 0 Å². The van der Waals surface area contributed by atoms with E-state index in [0.717, 1.165) is 17.5 Å². The molecule has 3 aromatic rings. The molecule has 0 saturated heterocycles. The number of ether oxygens (including phenoxy) is 4. The number of likely N-dealkylation sites (N-methyl/N-ethyl adjacent to an activating group) is 1. The van der Waals surface area contributed by atoms with Crippen LogP contribution in [0.4, 0.5) is 0 Å². The fourth-order valence-electron chi connectivity index (χ4n) is 3.21. The second-order valence-corrected chi connectivity index (χ2v) is 7.97. The lowest BCUT2D eigenvalue weighted by atomic mass is 10.1. The van der Waals surface area contributed by atoms with E-state index in [2.05, 4.69) is 4.74 Å². The fourth-order valence-corrected chi connectivity index (χ4v) is 3.21. The molecule has 0 radical (unpaired) electrons. The Bertz CT molecular complexity index is 1130. The fraction of sp³-hybridized carbons (Fsp3) is 0.241. The van der Waals surface area contributed by atoms with E-state index in [0.29, 0.717) is 30.4 Å². The molecule has 188 valence electrons. The van der Waals surface area contributed by atoms with Gasteiger partial charge in [0.15, 0.2) is 13.2 Å². The van der Waals surface area contributed by atoms with Gasteiger partial charge < -0.3 is 23.8 Å².